The molecule has 1 heteroatoms. The van der Waals surface area contributed by atoms with E-state index in [1.807, 2.05) is 0 Å². The van der Waals surface area contributed by atoms with E-state index in [1.165, 1.54) is 69.8 Å². The van der Waals surface area contributed by atoms with Gasteiger partial charge in [0.2, 0.25) is 0 Å². The number of rotatable bonds is 4. The van der Waals surface area contributed by atoms with Gasteiger partial charge in [-0.25, -0.2) is 0 Å². The lowest BCUT2D eigenvalue weighted by atomic mass is 9.41. The average molecular weight is 441 g/mol. The number of aliphatic hydroxyl groups is 1. The van der Waals surface area contributed by atoms with Crippen LogP contribution in [0.2, 0.25) is 0 Å². The van der Waals surface area contributed by atoms with E-state index in [0.717, 1.165) is 30.1 Å². The molecule has 0 aromatic rings. The highest BCUT2D eigenvalue weighted by molar-refractivity contribution is 5.30. The van der Waals surface area contributed by atoms with Crippen LogP contribution in [0.1, 0.15) is 126 Å². The van der Waals surface area contributed by atoms with E-state index in [0.29, 0.717) is 21.7 Å². The molecule has 32 heavy (non-hydrogen) atoms. The molecule has 5 saturated carbocycles. The summed E-state index contributed by atoms with van der Waals surface area (Å²) in [5, 5.41) is 10.9. The molecule has 1 N–H and O–H groups in total. The summed E-state index contributed by atoms with van der Waals surface area (Å²) in [7, 11) is 0. The molecule has 182 valence electrons. The van der Waals surface area contributed by atoms with Crippen LogP contribution in [0.15, 0.2) is 11.1 Å². The van der Waals surface area contributed by atoms with Gasteiger partial charge < -0.3 is 5.11 Å². The van der Waals surface area contributed by atoms with Gasteiger partial charge >= 0.3 is 0 Å². The quantitative estimate of drug-likeness (QED) is 0.434. The molecule has 0 unspecified atom stereocenters. The largest absolute Gasteiger partial charge is 0.393 e. The fourth-order valence-corrected chi connectivity index (χ4v) is 11.2. The van der Waals surface area contributed by atoms with Crippen molar-refractivity contribution >= 4 is 0 Å². The summed E-state index contributed by atoms with van der Waals surface area (Å²) in [4.78, 5) is 0. The van der Waals surface area contributed by atoms with Crippen LogP contribution in [0, 0.1) is 50.7 Å². The van der Waals surface area contributed by atoms with Gasteiger partial charge in [0.1, 0.15) is 0 Å². The van der Waals surface area contributed by atoms with Crippen molar-refractivity contribution in [2.24, 2.45) is 50.7 Å². The monoisotopic (exact) mass is 440 g/mol. The van der Waals surface area contributed by atoms with Crippen LogP contribution in [0.5, 0.6) is 0 Å². The molecule has 2 spiro atoms. The smallest absolute Gasteiger partial charge is 0.0594 e. The fraction of sp³-hybridized carbons (Fsp3) is 0.935. The Morgan fingerprint density at radius 2 is 1.47 bits per heavy atom. The van der Waals surface area contributed by atoms with Crippen molar-refractivity contribution in [3.63, 3.8) is 0 Å². The molecule has 0 bridgehead atoms. The second kappa shape index (κ2) is 7.11. The minimum atomic E-state index is -0.0854. The summed E-state index contributed by atoms with van der Waals surface area (Å²) in [5.74, 6) is 3.45. The van der Waals surface area contributed by atoms with Gasteiger partial charge in [0.05, 0.1) is 6.10 Å². The Balaban J connectivity index is 1.40. The van der Waals surface area contributed by atoms with Crippen molar-refractivity contribution in [1.82, 2.24) is 0 Å². The summed E-state index contributed by atoms with van der Waals surface area (Å²) in [6, 6.07) is 0. The molecule has 0 aromatic heterocycles. The van der Waals surface area contributed by atoms with Gasteiger partial charge in [0.15, 0.2) is 0 Å². The second-order valence-electron chi connectivity index (χ2n) is 14.8. The van der Waals surface area contributed by atoms with Crippen molar-refractivity contribution in [1.29, 1.82) is 0 Å². The minimum Gasteiger partial charge on any atom is -0.393 e. The molecule has 0 aromatic carbocycles. The first-order valence-corrected chi connectivity index (χ1v) is 14.2. The zero-order valence-corrected chi connectivity index (χ0v) is 22.6. The number of allylic oxidation sites excluding steroid dienone is 2. The van der Waals surface area contributed by atoms with Gasteiger partial charge in [0, 0.05) is 0 Å². The molecule has 0 radical (unpaired) electrons. The number of hydrogen-bond acceptors (Lipinski definition) is 1. The van der Waals surface area contributed by atoms with Crippen LogP contribution >= 0.6 is 0 Å². The van der Waals surface area contributed by atoms with E-state index >= 15 is 0 Å². The van der Waals surface area contributed by atoms with Gasteiger partial charge in [-0.05, 0) is 142 Å². The van der Waals surface area contributed by atoms with Crippen molar-refractivity contribution in [2.75, 3.05) is 0 Å². The Hall–Kier alpha value is -0.300. The fourth-order valence-electron chi connectivity index (χ4n) is 11.2. The molecule has 1 nitrogen and oxygen atoms in total. The zero-order chi connectivity index (χ0) is 23.3. The SMILES string of the molecule is CC(C)=C(C)CC[C@@H](C)[C@H]1CC[C@@]2(C)[C@@H]3CC[C@H]4C(C)(C)[C@@H](O)CC[C@@]45C[C@]35CC[C@]12C. The maximum atomic E-state index is 10.9. The third-order valence-electron chi connectivity index (χ3n) is 13.7. The maximum absolute atomic E-state index is 10.9. The average Bonchev–Trinajstić information content (AvgIpc) is 3.31. The van der Waals surface area contributed by atoms with Gasteiger partial charge in [-0.1, -0.05) is 45.8 Å². The van der Waals surface area contributed by atoms with Crippen molar-refractivity contribution < 1.29 is 5.11 Å². The molecule has 5 fully saturated rings. The Morgan fingerprint density at radius 3 is 2.16 bits per heavy atom. The highest BCUT2D eigenvalue weighted by Crippen LogP contribution is 2.89. The summed E-state index contributed by atoms with van der Waals surface area (Å²) in [5.41, 5.74) is 5.52. The lowest BCUT2D eigenvalue weighted by molar-refractivity contribution is -0.161. The topological polar surface area (TPSA) is 20.2 Å². The Bertz CT molecular complexity index is 803. The van der Waals surface area contributed by atoms with E-state index in [-0.39, 0.29) is 11.5 Å². The van der Waals surface area contributed by atoms with Crippen molar-refractivity contribution in [2.45, 2.75) is 132 Å². The molecule has 0 aliphatic heterocycles. The van der Waals surface area contributed by atoms with Crippen molar-refractivity contribution in [3.8, 4) is 0 Å². The molecule has 5 rings (SSSR count). The number of hydrogen-bond donors (Lipinski definition) is 1. The summed E-state index contributed by atoms with van der Waals surface area (Å²) in [6.45, 7) is 19.8. The van der Waals surface area contributed by atoms with Gasteiger partial charge in [-0.3, -0.25) is 0 Å². The first-order valence-electron chi connectivity index (χ1n) is 14.2. The Morgan fingerprint density at radius 1 is 0.812 bits per heavy atom. The predicted molar refractivity (Wildman–Crippen MR) is 135 cm³/mol. The van der Waals surface area contributed by atoms with E-state index in [9.17, 15) is 5.11 Å². The lowest BCUT2D eigenvalue weighted by Gasteiger charge is -2.63. The van der Waals surface area contributed by atoms with Gasteiger partial charge in [-0.2, -0.15) is 0 Å². The maximum Gasteiger partial charge on any atom is 0.0594 e. The van der Waals surface area contributed by atoms with Crippen molar-refractivity contribution in [3.05, 3.63) is 11.1 Å². The van der Waals surface area contributed by atoms with E-state index in [4.69, 9.17) is 0 Å². The second-order valence-corrected chi connectivity index (χ2v) is 14.8. The minimum absolute atomic E-state index is 0.0854. The van der Waals surface area contributed by atoms with E-state index in [2.05, 4.69) is 55.4 Å². The first kappa shape index (κ1) is 23.4. The van der Waals surface area contributed by atoms with Crippen LogP contribution in [0.4, 0.5) is 0 Å². The molecule has 5 aliphatic carbocycles. The molecule has 9 atom stereocenters. The molecule has 0 amide bonds. The van der Waals surface area contributed by atoms with Crippen LogP contribution in [-0.4, -0.2) is 11.2 Å². The standard InChI is InChI=1S/C31H52O/c1-20(2)21(3)9-10-22(4)23-13-15-29(8)25-12-11-24-27(5,6)26(32)14-16-30(24)19-31(25,30)18-17-28(23,29)7/h22-26,32H,9-19H2,1-8H3/t22-,23-,24+,25+,26+,28-,29+,30-,31-/m1/s1. The highest BCUT2D eigenvalue weighted by atomic mass is 16.3. The molecular weight excluding hydrogens is 388 g/mol. The van der Waals surface area contributed by atoms with Crippen LogP contribution in [0.3, 0.4) is 0 Å². The zero-order valence-electron chi connectivity index (χ0n) is 22.6. The van der Waals surface area contributed by atoms with Crippen LogP contribution in [0.25, 0.3) is 0 Å². The number of aliphatic hydroxyl groups excluding tert-OH is 1. The summed E-state index contributed by atoms with van der Waals surface area (Å²) in [6.07, 6.45) is 15.2. The lowest BCUT2D eigenvalue weighted by Crippen LogP contribution is -2.57. The highest BCUT2D eigenvalue weighted by Gasteiger charge is 2.82. The number of fused-ring (bicyclic) bond motifs is 2. The molecule has 0 heterocycles. The third kappa shape index (κ3) is 2.73. The van der Waals surface area contributed by atoms with Crippen LogP contribution in [-0.2, 0) is 0 Å². The summed E-state index contributed by atoms with van der Waals surface area (Å²) >= 11 is 0. The van der Waals surface area contributed by atoms with E-state index in [1.54, 1.807) is 5.57 Å². The normalized spacial score (nSPS) is 51.7. The van der Waals surface area contributed by atoms with E-state index < -0.39 is 0 Å². The first-order chi connectivity index (χ1) is 14.9. The van der Waals surface area contributed by atoms with Gasteiger partial charge in [0.25, 0.3) is 0 Å². The van der Waals surface area contributed by atoms with Crippen LogP contribution < -0.4 is 0 Å². The van der Waals surface area contributed by atoms with Gasteiger partial charge in [-0.15, -0.1) is 0 Å². The molecule has 0 saturated heterocycles. The third-order valence-corrected chi connectivity index (χ3v) is 13.7. The molecule has 5 aliphatic rings. The molecular formula is C31H52O. The summed E-state index contributed by atoms with van der Waals surface area (Å²) < 4.78 is 0. The predicted octanol–water partition coefficient (Wildman–Crippen LogP) is 8.56. The Kier molecular flexibility index (Phi) is 5.21. The Labute approximate surface area is 199 Å².